The third kappa shape index (κ3) is 5.18. The number of hydrogen-bond acceptors (Lipinski definition) is 4. The molecule has 1 unspecified atom stereocenters. The van der Waals surface area contributed by atoms with Gasteiger partial charge in [0.05, 0.1) is 0 Å². The third-order valence-electron chi connectivity index (χ3n) is 2.32. The minimum absolute atomic E-state index is 0.415. The van der Waals surface area contributed by atoms with Crippen molar-refractivity contribution in [1.82, 2.24) is 10.3 Å². The van der Waals surface area contributed by atoms with E-state index in [2.05, 4.69) is 16.4 Å². The number of carbonyl (C=O) groups is 2. The van der Waals surface area contributed by atoms with Crippen LogP contribution in [0.15, 0.2) is 18.5 Å². The highest BCUT2D eigenvalue weighted by molar-refractivity contribution is 7.98. The van der Waals surface area contributed by atoms with Crippen molar-refractivity contribution >= 4 is 24.1 Å². The first-order chi connectivity index (χ1) is 8.63. The lowest BCUT2D eigenvalue weighted by molar-refractivity contribution is -0.140. The van der Waals surface area contributed by atoms with Crippen molar-refractivity contribution < 1.29 is 14.7 Å². The van der Waals surface area contributed by atoms with Gasteiger partial charge in [-0.3, -0.25) is 9.78 Å². The normalized spacial score (nSPS) is 11.8. The number of hydrogen-bond donors (Lipinski definition) is 2. The van der Waals surface area contributed by atoms with Crippen molar-refractivity contribution in [2.45, 2.75) is 25.1 Å². The van der Waals surface area contributed by atoms with Gasteiger partial charge in [-0.2, -0.15) is 11.8 Å². The molecule has 1 aromatic heterocycles. The number of aromatic nitrogens is 1. The fourth-order valence-corrected chi connectivity index (χ4v) is 2.39. The highest BCUT2D eigenvalue weighted by Crippen LogP contribution is 2.14. The van der Waals surface area contributed by atoms with Gasteiger partial charge in [-0.25, -0.2) is 4.79 Å². The van der Waals surface area contributed by atoms with Crippen molar-refractivity contribution in [2.24, 2.45) is 0 Å². The van der Waals surface area contributed by atoms with E-state index in [1.165, 1.54) is 0 Å². The summed E-state index contributed by atoms with van der Waals surface area (Å²) in [5.74, 6) is 0.466. The number of carboxylic acids is 1. The fraction of sp³-hybridized carbons (Fsp3) is 0.417. The summed E-state index contributed by atoms with van der Waals surface area (Å²) >= 11 is 1.63. The van der Waals surface area contributed by atoms with E-state index in [0.29, 0.717) is 18.6 Å². The van der Waals surface area contributed by atoms with Crippen LogP contribution in [0.3, 0.4) is 0 Å². The van der Waals surface area contributed by atoms with E-state index in [-0.39, 0.29) is 0 Å². The Morgan fingerprint density at radius 1 is 1.61 bits per heavy atom. The molecule has 0 aromatic carbocycles. The Labute approximate surface area is 110 Å². The second-order valence-electron chi connectivity index (χ2n) is 3.89. The van der Waals surface area contributed by atoms with Gasteiger partial charge in [-0.1, -0.05) is 6.07 Å². The first-order valence-electron chi connectivity index (χ1n) is 5.54. The van der Waals surface area contributed by atoms with Crippen molar-refractivity contribution in [2.75, 3.05) is 5.75 Å². The molecule has 0 bridgehead atoms. The van der Waals surface area contributed by atoms with E-state index in [0.717, 1.165) is 16.9 Å². The van der Waals surface area contributed by atoms with Crippen LogP contribution in [0.25, 0.3) is 0 Å². The minimum Gasteiger partial charge on any atom is -0.480 e. The van der Waals surface area contributed by atoms with E-state index in [4.69, 9.17) is 5.11 Å². The van der Waals surface area contributed by atoms with Gasteiger partial charge < -0.3 is 10.4 Å². The maximum atomic E-state index is 10.8. The van der Waals surface area contributed by atoms with Gasteiger partial charge in [0.1, 0.15) is 6.04 Å². The van der Waals surface area contributed by atoms with Crippen LogP contribution in [0.1, 0.15) is 17.5 Å². The number of aryl methyl sites for hydroxylation is 1. The van der Waals surface area contributed by atoms with Gasteiger partial charge in [-0.05, 0) is 30.2 Å². The molecule has 18 heavy (non-hydrogen) atoms. The second-order valence-corrected chi connectivity index (χ2v) is 4.99. The molecule has 1 rings (SSSR count). The fourth-order valence-electron chi connectivity index (χ4n) is 1.45. The molecule has 2 N–H and O–H groups in total. The summed E-state index contributed by atoms with van der Waals surface area (Å²) in [6, 6.07) is 1.25. The van der Waals surface area contributed by atoms with E-state index in [1.807, 2.05) is 6.92 Å². The van der Waals surface area contributed by atoms with Gasteiger partial charge in [0.15, 0.2) is 0 Å². The number of aliphatic carboxylic acids is 1. The topological polar surface area (TPSA) is 79.3 Å². The molecule has 6 heteroatoms. The zero-order chi connectivity index (χ0) is 13.4. The molecule has 0 spiro atoms. The van der Waals surface area contributed by atoms with Crippen LogP contribution in [0.4, 0.5) is 0 Å². The van der Waals surface area contributed by atoms with Gasteiger partial charge in [0, 0.05) is 18.1 Å². The van der Waals surface area contributed by atoms with Gasteiger partial charge in [-0.15, -0.1) is 0 Å². The van der Waals surface area contributed by atoms with E-state index >= 15 is 0 Å². The molecule has 98 valence electrons. The SMILES string of the molecule is Cc1cncc(CSCCC(NC=O)C(=O)O)c1. The first kappa shape index (κ1) is 14.5. The number of amides is 1. The molecule has 1 amide bonds. The molecule has 0 saturated heterocycles. The number of nitrogens with one attached hydrogen (secondary N) is 1. The number of carboxylic acid groups (broad SMARTS) is 1. The molecule has 0 saturated carbocycles. The maximum Gasteiger partial charge on any atom is 0.326 e. The van der Waals surface area contributed by atoms with Crippen LogP contribution in [0, 0.1) is 6.92 Å². The predicted molar refractivity (Wildman–Crippen MR) is 70.4 cm³/mol. The van der Waals surface area contributed by atoms with E-state index < -0.39 is 12.0 Å². The summed E-state index contributed by atoms with van der Waals surface area (Å²) < 4.78 is 0. The van der Waals surface area contributed by atoms with Gasteiger partial charge in [0.2, 0.25) is 6.41 Å². The Morgan fingerprint density at radius 3 is 3.00 bits per heavy atom. The Morgan fingerprint density at radius 2 is 2.39 bits per heavy atom. The summed E-state index contributed by atoms with van der Waals surface area (Å²) in [5, 5.41) is 11.1. The van der Waals surface area contributed by atoms with Gasteiger partial charge >= 0.3 is 5.97 Å². The molecule has 5 nitrogen and oxygen atoms in total. The molecule has 0 aliphatic carbocycles. The molecule has 0 radical (unpaired) electrons. The first-order valence-corrected chi connectivity index (χ1v) is 6.69. The zero-order valence-corrected chi connectivity index (χ0v) is 10.9. The van der Waals surface area contributed by atoms with Crippen molar-refractivity contribution in [3.8, 4) is 0 Å². The number of thioether (sulfide) groups is 1. The predicted octanol–water partition coefficient (Wildman–Crippen LogP) is 1.21. The Balaban J connectivity index is 2.29. The highest BCUT2D eigenvalue weighted by Gasteiger charge is 2.15. The quantitative estimate of drug-likeness (QED) is 0.547. The lowest BCUT2D eigenvalue weighted by Crippen LogP contribution is -2.36. The summed E-state index contributed by atoms with van der Waals surface area (Å²) in [5.41, 5.74) is 2.23. The van der Waals surface area contributed by atoms with Crippen LogP contribution >= 0.6 is 11.8 Å². The molecule has 1 atom stereocenters. The summed E-state index contributed by atoms with van der Waals surface area (Å²) in [6.45, 7) is 1.98. The molecule has 0 fully saturated rings. The molecule has 0 aliphatic rings. The average Bonchev–Trinajstić information content (AvgIpc) is 2.33. The third-order valence-corrected chi connectivity index (χ3v) is 3.38. The Hall–Kier alpha value is -1.56. The van der Waals surface area contributed by atoms with Crippen molar-refractivity contribution in [3.63, 3.8) is 0 Å². The van der Waals surface area contributed by atoms with E-state index in [9.17, 15) is 9.59 Å². The Bertz CT molecular complexity index is 412. The standard InChI is InChI=1S/C12H16N2O3S/c1-9-4-10(6-13-5-9)7-18-3-2-11(12(16)17)14-8-15/h4-6,8,11H,2-3,7H2,1H3,(H,14,15)(H,16,17). The summed E-state index contributed by atoms with van der Waals surface area (Å²) in [6.07, 6.45) is 4.44. The summed E-state index contributed by atoms with van der Waals surface area (Å²) in [4.78, 5) is 25.1. The Kier molecular flexibility index (Phi) is 6.21. The molecule has 1 aromatic rings. The van der Waals surface area contributed by atoms with Crippen LogP contribution < -0.4 is 5.32 Å². The monoisotopic (exact) mass is 268 g/mol. The van der Waals surface area contributed by atoms with Crippen molar-refractivity contribution in [1.29, 1.82) is 0 Å². The molecular formula is C12H16N2O3S. The molecular weight excluding hydrogens is 252 g/mol. The largest absolute Gasteiger partial charge is 0.480 e. The van der Waals surface area contributed by atoms with Crippen LogP contribution in [-0.2, 0) is 15.3 Å². The lowest BCUT2D eigenvalue weighted by Gasteiger charge is -2.10. The van der Waals surface area contributed by atoms with Crippen LogP contribution in [0.5, 0.6) is 0 Å². The van der Waals surface area contributed by atoms with E-state index in [1.54, 1.807) is 24.2 Å². The molecule has 0 aliphatic heterocycles. The second kappa shape index (κ2) is 7.71. The summed E-state index contributed by atoms with van der Waals surface area (Å²) in [7, 11) is 0. The van der Waals surface area contributed by atoms with Crippen molar-refractivity contribution in [3.05, 3.63) is 29.6 Å². The highest BCUT2D eigenvalue weighted by atomic mass is 32.2. The number of pyridine rings is 1. The van der Waals surface area contributed by atoms with Crippen LogP contribution in [-0.4, -0.2) is 34.3 Å². The molecule has 1 heterocycles. The zero-order valence-electron chi connectivity index (χ0n) is 10.1. The lowest BCUT2D eigenvalue weighted by atomic mass is 10.2. The van der Waals surface area contributed by atoms with Gasteiger partial charge in [0.25, 0.3) is 0 Å². The van der Waals surface area contributed by atoms with Crippen LogP contribution in [0.2, 0.25) is 0 Å². The maximum absolute atomic E-state index is 10.8. The smallest absolute Gasteiger partial charge is 0.326 e. The number of nitrogens with zero attached hydrogens (tertiary/aromatic N) is 1. The number of rotatable bonds is 8. The minimum atomic E-state index is -1.00. The number of carbonyl (C=O) groups excluding carboxylic acids is 1. The average molecular weight is 268 g/mol.